The number of nitriles is 1. The van der Waals surface area contributed by atoms with Crippen molar-refractivity contribution in [2.45, 2.75) is 13.5 Å². The molecule has 0 atom stereocenters. The average molecular weight is 214 g/mol. The Kier molecular flexibility index (Phi) is 2.83. The SMILES string of the molecule is Cc1nonc1CNc1ccccc1C#N. The molecule has 0 unspecified atom stereocenters. The van der Waals surface area contributed by atoms with Gasteiger partial charge >= 0.3 is 0 Å². The molecule has 1 aromatic heterocycles. The molecule has 5 nitrogen and oxygen atoms in total. The molecule has 0 saturated heterocycles. The van der Waals surface area contributed by atoms with Gasteiger partial charge in [-0.1, -0.05) is 22.4 Å². The van der Waals surface area contributed by atoms with Gasteiger partial charge in [-0.05, 0) is 19.1 Å². The molecule has 0 radical (unpaired) electrons. The van der Waals surface area contributed by atoms with Gasteiger partial charge in [-0.15, -0.1) is 0 Å². The van der Waals surface area contributed by atoms with Crippen LogP contribution in [-0.4, -0.2) is 10.3 Å². The van der Waals surface area contributed by atoms with E-state index in [4.69, 9.17) is 5.26 Å². The first-order valence-corrected chi connectivity index (χ1v) is 4.82. The molecule has 2 rings (SSSR count). The van der Waals surface area contributed by atoms with Crippen molar-refractivity contribution >= 4 is 5.69 Å². The molecular weight excluding hydrogens is 204 g/mol. The van der Waals surface area contributed by atoms with Gasteiger partial charge < -0.3 is 5.32 Å². The van der Waals surface area contributed by atoms with Gasteiger partial charge in [-0.3, -0.25) is 0 Å². The summed E-state index contributed by atoms with van der Waals surface area (Å²) in [6.45, 7) is 2.32. The highest BCUT2D eigenvalue weighted by Gasteiger charge is 2.05. The van der Waals surface area contributed by atoms with Crippen molar-refractivity contribution in [3.63, 3.8) is 0 Å². The number of benzene rings is 1. The van der Waals surface area contributed by atoms with E-state index in [0.717, 1.165) is 17.1 Å². The highest BCUT2D eigenvalue weighted by Crippen LogP contribution is 2.14. The average Bonchev–Trinajstić information content (AvgIpc) is 2.72. The third-order valence-electron chi connectivity index (χ3n) is 2.24. The van der Waals surface area contributed by atoms with Crippen LogP contribution < -0.4 is 5.32 Å². The molecule has 0 aliphatic heterocycles. The second-order valence-electron chi connectivity index (χ2n) is 3.31. The van der Waals surface area contributed by atoms with Crippen LogP contribution in [0.3, 0.4) is 0 Å². The Morgan fingerprint density at radius 3 is 2.88 bits per heavy atom. The first kappa shape index (κ1) is 10.2. The van der Waals surface area contributed by atoms with E-state index >= 15 is 0 Å². The quantitative estimate of drug-likeness (QED) is 0.844. The van der Waals surface area contributed by atoms with Crippen molar-refractivity contribution in [1.82, 2.24) is 10.3 Å². The minimum absolute atomic E-state index is 0.494. The summed E-state index contributed by atoms with van der Waals surface area (Å²) in [5.41, 5.74) is 2.89. The van der Waals surface area contributed by atoms with Crippen LogP contribution in [-0.2, 0) is 6.54 Å². The van der Waals surface area contributed by atoms with Crippen molar-refractivity contribution < 1.29 is 4.63 Å². The predicted octanol–water partition coefficient (Wildman–Crippen LogP) is 1.86. The van der Waals surface area contributed by atoms with E-state index in [9.17, 15) is 0 Å². The van der Waals surface area contributed by atoms with Crippen LogP contribution in [0.1, 0.15) is 17.0 Å². The molecule has 1 aromatic carbocycles. The molecule has 0 fully saturated rings. The lowest BCUT2D eigenvalue weighted by Crippen LogP contribution is -2.02. The van der Waals surface area contributed by atoms with Crippen LogP contribution in [0.15, 0.2) is 28.9 Å². The number of nitrogens with one attached hydrogen (secondary N) is 1. The van der Waals surface area contributed by atoms with Crippen molar-refractivity contribution in [2.75, 3.05) is 5.32 Å². The monoisotopic (exact) mass is 214 g/mol. The summed E-state index contributed by atoms with van der Waals surface area (Å²) in [4.78, 5) is 0. The molecule has 0 bridgehead atoms. The third-order valence-corrected chi connectivity index (χ3v) is 2.24. The molecule has 16 heavy (non-hydrogen) atoms. The van der Waals surface area contributed by atoms with Gasteiger partial charge in [0.2, 0.25) is 0 Å². The molecule has 5 heteroatoms. The lowest BCUT2D eigenvalue weighted by molar-refractivity contribution is 0.301. The fourth-order valence-electron chi connectivity index (χ4n) is 1.32. The Balaban J connectivity index is 2.11. The van der Waals surface area contributed by atoms with Gasteiger partial charge in [0.25, 0.3) is 0 Å². The van der Waals surface area contributed by atoms with Crippen LogP contribution in [0.4, 0.5) is 5.69 Å². The zero-order chi connectivity index (χ0) is 11.4. The van der Waals surface area contributed by atoms with E-state index in [1.54, 1.807) is 6.07 Å². The molecule has 1 heterocycles. The molecule has 80 valence electrons. The van der Waals surface area contributed by atoms with Crippen LogP contribution in [0.2, 0.25) is 0 Å². The zero-order valence-electron chi connectivity index (χ0n) is 8.77. The zero-order valence-corrected chi connectivity index (χ0v) is 8.77. The summed E-state index contributed by atoms with van der Waals surface area (Å²) in [6.07, 6.45) is 0. The molecular formula is C11H10N4O. The van der Waals surface area contributed by atoms with Gasteiger partial charge in [-0.2, -0.15) is 5.26 Å². The molecule has 0 amide bonds. The van der Waals surface area contributed by atoms with Crippen LogP contribution in [0.5, 0.6) is 0 Å². The molecule has 0 spiro atoms. The Labute approximate surface area is 92.7 Å². The summed E-state index contributed by atoms with van der Waals surface area (Å²) < 4.78 is 4.59. The summed E-state index contributed by atoms with van der Waals surface area (Å²) in [7, 11) is 0. The van der Waals surface area contributed by atoms with E-state index < -0.39 is 0 Å². The van der Waals surface area contributed by atoms with E-state index in [1.807, 2.05) is 25.1 Å². The topological polar surface area (TPSA) is 74.7 Å². The molecule has 0 saturated carbocycles. The van der Waals surface area contributed by atoms with E-state index in [-0.39, 0.29) is 0 Å². The summed E-state index contributed by atoms with van der Waals surface area (Å²) >= 11 is 0. The van der Waals surface area contributed by atoms with Crippen molar-refractivity contribution in [3.8, 4) is 6.07 Å². The van der Waals surface area contributed by atoms with E-state index in [2.05, 4.69) is 26.3 Å². The smallest absolute Gasteiger partial charge is 0.127 e. The maximum absolute atomic E-state index is 8.89. The molecule has 0 aliphatic carbocycles. The normalized spacial score (nSPS) is 9.75. The van der Waals surface area contributed by atoms with E-state index in [1.165, 1.54) is 0 Å². The number of rotatable bonds is 3. The fraction of sp³-hybridized carbons (Fsp3) is 0.182. The highest BCUT2D eigenvalue weighted by atomic mass is 16.6. The van der Waals surface area contributed by atoms with Crippen molar-refractivity contribution in [2.24, 2.45) is 0 Å². The van der Waals surface area contributed by atoms with Gasteiger partial charge in [0.1, 0.15) is 17.5 Å². The lowest BCUT2D eigenvalue weighted by Gasteiger charge is -2.05. The number of para-hydroxylation sites is 1. The number of hydrogen-bond acceptors (Lipinski definition) is 5. The van der Waals surface area contributed by atoms with Crippen LogP contribution in [0.25, 0.3) is 0 Å². The maximum Gasteiger partial charge on any atom is 0.127 e. The van der Waals surface area contributed by atoms with E-state index in [0.29, 0.717) is 12.1 Å². The fourth-order valence-corrected chi connectivity index (χ4v) is 1.32. The standard InChI is InChI=1S/C11H10N4O/c1-8-11(15-16-14-8)7-13-10-5-3-2-4-9(10)6-12/h2-5,13H,7H2,1H3. The maximum atomic E-state index is 8.89. The number of aryl methyl sites for hydroxylation is 1. The Bertz CT molecular complexity index is 527. The third kappa shape index (κ3) is 2.01. The second kappa shape index (κ2) is 4.45. The lowest BCUT2D eigenvalue weighted by atomic mass is 10.2. The molecule has 2 aromatic rings. The largest absolute Gasteiger partial charge is 0.378 e. The van der Waals surface area contributed by atoms with Crippen molar-refractivity contribution in [1.29, 1.82) is 5.26 Å². The minimum Gasteiger partial charge on any atom is -0.378 e. The highest BCUT2D eigenvalue weighted by molar-refractivity contribution is 5.57. The Morgan fingerprint density at radius 2 is 2.19 bits per heavy atom. The summed E-state index contributed by atoms with van der Waals surface area (Å²) in [5.74, 6) is 0. The van der Waals surface area contributed by atoms with Crippen LogP contribution in [0, 0.1) is 18.3 Å². The second-order valence-corrected chi connectivity index (χ2v) is 3.31. The minimum atomic E-state index is 0.494. The van der Waals surface area contributed by atoms with Gasteiger partial charge in [0.15, 0.2) is 0 Å². The van der Waals surface area contributed by atoms with Crippen molar-refractivity contribution in [3.05, 3.63) is 41.2 Å². The van der Waals surface area contributed by atoms with Gasteiger partial charge in [-0.25, -0.2) is 4.63 Å². The summed E-state index contributed by atoms with van der Waals surface area (Å²) in [5, 5.41) is 19.5. The first-order chi connectivity index (χ1) is 7.81. The Hall–Kier alpha value is -2.35. The molecule has 0 aliphatic rings. The number of nitrogens with zero attached hydrogens (tertiary/aromatic N) is 3. The van der Waals surface area contributed by atoms with Gasteiger partial charge in [0, 0.05) is 0 Å². The predicted molar refractivity (Wildman–Crippen MR) is 57.5 cm³/mol. The van der Waals surface area contributed by atoms with Crippen LogP contribution >= 0.6 is 0 Å². The first-order valence-electron chi connectivity index (χ1n) is 4.82. The molecule has 1 N–H and O–H groups in total. The summed E-state index contributed by atoms with van der Waals surface area (Å²) in [6, 6.07) is 9.43. The number of aromatic nitrogens is 2. The number of hydrogen-bond donors (Lipinski definition) is 1. The number of anilines is 1. The Morgan fingerprint density at radius 1 is 1.38 bits per heavy atom. The van der Waals surface area contributed by atoms with Gasteiger partial charge in [0.05, 0.1) is 17.8 Å².